The largest absolute Gasteiger partial charge is 0.465 e. The second-order valence-corrected chi connectivity index (χ2v) is 10.8. The summed E-state index contributed by atoms with van der Waals surface area (Å²) in [5, 5.41) is 29.9. The lowest BCUT2D eigenvalue weighted by Crippen LogP contribution is -2.39. The zero-order valence-electron chi connectivity index (χ0n) is 24.7. The minimum absolute atomic E-state index is 0.0209. The van der Waals surface area contributed by atoms with Gasteiger partial charge in [-0.25, -0.2) is 9.79 Å². The van der Waals surface area contributed by atoms with E-state index < -0.39 is 11.7 Å². The van der Waals surface area contributed by atoms with E-state index in [1.54, 1.807) is 32.9 Å². The average molecular weight is 549 g/mol. The van der Waals surface area contributed by atoms with E-state index in [1.807, 2.05) is 56.2 Å². The number of aliphatic hydroxyl groups is 1. The molecule has 0 saturated heterocycles. The fourth-order valence-electron chi connectivity index (χ4n) is 4.89. The maximum Gasteiger partial charge on any atom is 0.413 e. The number of amides is 1. The van der Waals surface area contributed by atoms with Gasteiger partial charge in [-0.15, -0.1) is 0 Å². The van der Waals surface area contributed by atoms with E-state index in [-0.39, 0.29) is 30.0 Å². The first-order valence-electron chi connectivity index (χ1n) is 14.1. The fraction of sp³-hybridized carbons (Fsp3) is 0.500. The van der Waals surface area contributed by atoms with E-state index in [0.29, 0.717) is 43.4 Å². The summed E-state index contributed by atoms with van der Waals surface area (Å²) in [6, 6.07) is 7.73. The lowest BCUT2D eigenvalue weighted by atomic mass is 9.80. The summed E-state index contributed by atoms with van der Waals surface area (Å²) in [5.74, 6) is 0.162. The van der Waals surface area contributed by atoms with Gasteiger partial charge >= 0.3 is 6.09 Å². The van der Waals surface area contributed by atoms with E-state index in [9.17, 15) is 25.1 Å². The van der Waals surface area contributed by atoms with Crippen LogP contribution in [0.5, 0.6) is 0 Å². The highest BCUT2D eigenvalue weighted by atomic mass is 16.4. The molecule has 1 fully saturated rings. The van der Waals surface area contributed by atoms with E-state index in [4.69, 9.17) is 0 Å². The van der Waals surface area contributed by atoms with Crippen LogP contribution in [0.2, 0.25) is 0 Å². The topological polar surface area (TPSA) is 117 Å². The van der Waals surface area contributed by atoms with E-state index in [1.165, 1.54) is 11.1 Å². The Kier molecular flexibility index (Phi) is 12.3. The predicted octanol–water partition coefficient (Wildman–Crippen LogP) is 6.60. The molecule has 2 atom stereocenters. The van der Waals surface area contributed by atoms with Crippen LogP contribution < -0.4 is 4.90 Å². The van der Waals surface area contributed by atoms with Gasteiger partial charge in [-0.1, -0.05) is 32.1 Å². The third kappa shape index (κ3) is 9.20. The standard InChI is InChI=1S/C32H44N4O4/c1-7-10-16-35(28-18-24(19-33)13-12-23(28)4)22-26-17-25(14-15-29(26)37)21-36(31(38)39)30(9-3)34-20-27(11-8-2)32(5,6)40/h9-13,16,18,20,25-26,40H,7-8,14-15,17,21-22H2,1-6H3,(H,38,39)/b16-10-,27-11?,30-9+,34-20-. The van der Waals surface area contributed by atoms with Crippen LogP contribution in [0.25, 0.3) is 0 Å². The van der Waals surface area contributed by atoms with Gasteiger partial charge in [-0.2, -0.15) is 5.26 Å². The van der Waals surface area contributed by atoms with Gasteiger partial charge in [0, 0.05) is 43.5 Å². The number of aryl methyl sites for hydroxylation is 1. The molecule has 1 aliphatic carbocycles. The van der Waals surface area contributed by atoms with Crippen LogP contribution in [-0.2, 0) is 4.79 Å². The third-order valence-corrected chi connectivity index (χ3v) is 7.13. The Morgan fingerprint density at radius 2 is 1.98 bits per heavy atom. The van der Waals surface area contributed by atoms with Crippen LogP contribution in [0.1, 0.15) is 77.8 Å². The number of rotatable bonds is 12. The summed E-state index contributed by atoms with van der Waals surface area (Å²) in [6.07, 6.45) is 11.0. The van der Waals surface area contributed by atoms with E-state index in [0.717, 1.165) is 17.7 Å². The van der Waals surface area contributed by atoms with Gasteiger partial charge in [-0.05, 0) is 88.6 Å². The van der Waals surface area contributed by atoms with Crippen LogP contribution in [0.15, 0.2) is 59.0 Å². The van der Waals surface area contributed by atoms with E-state index in [2.05, 4.69) is 11.1 Å². The molecule has 8 nitrogen and oxygen atoms in total. The van der Waals surface area contributed by atoms with Gasteiger partial charge in [0.25, 0.3) is 0 Å². The number of Topliss-reactive ketones (excluding diaryl/α,β-unsaturated/α-hetero) is 1. The molecule has 0 radical (unpaired) electrons. The van der Waals surface area contributed by atoms with Crippen LogP contribution in [0, 0.1) is 30.1 Å². The minimum atomic E-state index is -1.11. The summed E-state index contributed by atoms with van der Waals surface area (Å²) < 4.78 is 0. The summed E-state index contributed by atoms with van der Waals surface area (Å²) >= 11 is 0. The Morgan fingerprint density at radius 3 is 2.55 bits per heavy atom. The number of aliphatic imine (C=N–C) groups is 1. The van der Waals surface area contributed by atoms with Crippen molar-refractivity contribution in [3.05, 3.63) is 65.1 Å². The quantitative estimate of drug-likeness (QED) is 0.284. The predicted molar refractivity (Wildman–Crippen MR) is 160 cm³/mol. The molecular weight excluding hydrogens is 504 g/mol. The highest BCUT2D eigenvalue weighted by Gasteiger charge is 2.33. The van der Waals surface area contributed by atoms with Crippen molar-refractivity contribution in [1.29, 1.82) is 5.26 Å². The summed E-state index contributed by atoms with van der Waals surface area (Å²) in [5.41, 5.74) is 1.96. The maximum absolute atomic E-state index is 13.0. The normalized spacial score (nSPS) is 18.8. The molecule has 1 saturated carbocycles. The molecule has 2 rings (SSSR count). The van der Waals surface area contributed by atoms with Crippen molar-refractivity contribution >= 4 is 23.8 Å². The summed E-state index contributed by atoms with van der Waals surface area (Å²) in [6.45, 7) is 11.7. The first kappa shape index (κ1) is 32.5. The molecule has 216 valence electrons. The summed E-state index contributed by atoms with van der Waals surface area (Å²) in [4.78, 5) is 33.0. The number of ketones is 1. The molecule has 1 aromatic carbocycles. The lowest BCUT2D eigenvalue weighted by Gasteiger charge is -2.34. The zero-order valence-corrected chi connectivity index (χ0v) is 24.7. The Bertz CT molecular complexity index is 1200. The first-order valence-corrected chi connectivity index (χ1v) is 14.1. The maximum atomic E-state index is 13.0. The minimum Gasteiger partial charge on any atom is -0.465 e. The zero-order chi connectivity index (χ0) is 29.9. The lowest BCUT2D eigenvalue weighted by molar-refractivity contribution is -0.125. The molecule has 0 aliphatic heterocycles. The molecule has 1 aromatic rings. The number of anilines is 1. The number of nitriles is 1. The van der Waals surface area contributed by atoms with Gasteiger partial charge in [0.2, 0.25) is 0 Å². The third-order valence-electron chi connectivity index (χ3n) is 7.13. The van der Waals surface area contributed by atoms with E-state index >= 15 is 0 Å². The Labute approximate surface area is 239 Å². The van der Waals surface area contributed by atoms with Gasteiger partial charge in [-0.3, -0.25) is 9.69 Å². The van der Waals surface area contributed by atoms with Crippen molar-refractivity contribution in [2.45, 2.75) is 79.2 Å². The Morgan fingerprint density at radius 1 is 1.25 bits per heavy atom. The molecule has 0 bridgehead atoms. The monoisotopic (exact) mass is 548 g/mol. The number of carboxylic acid groups (broad SMARTS) is 1. The van der Waals surface area contributed by atoms with Crippen molar-refractivity contribution in [3.63, 3.8) is 0 Å². The number of hydrogen-bond donors (Lipinski definition) is 2. The second kappa shape index (κ2) is 15.2. The molecule has 8 heteroatoms. The molecule has 0 aromatic heterocycles. The molecule has 1 aliphatic rings. The number of nitrogens with zero attached hydrogens (tertiary/aromatic N) is 4. The molecule has 0 heterocycles. The molecule has 40 heavy (non-hydrogen) atoms. The summed E-state index contributed by atoms with van der Waals surface area (Å²) in [7, 11) is 0. The van der Waals surface area contributed by atoms with Crippen LogP contribution in [0.4, 0.5) is 10.5 Å². The van der Waals surface area contributed by atoms with Crippen molar-refractivity contribution < 1.29 is 19.8 Å². The van der Waals surface area contributed by atoms with Crippen molar-refractivity contribution in [1.82, 2.24) is 4.90 Å². The SMILES string of the molecule is C/C=C(\N=C/C(=CCC)C(C)(C)O)N(CC1CCC(=O)C(CN(/C=C\CC)c2cc(C#N)ccc2C)C1)C(=O)O. The first-order chi connectivity index (χ1) is 18.9. The van der Waals surface area contributed by atoms with Gasteiger partial charge < -0.3 is 15.1 Å². The van der Waals surface area contributed by atoms with Crippen molar-refractivity contribution in [3.8, 4) is 6.07 Å². The van der Waals surface area contributed by atoms with Crippen molar-refractivity contribution in [2.75, 3.05) is 18.0 Å². The average Bonchev–Trinajstić information content (AvgIpc) is 2.91. The van der Waals surface area contributed by atoms with Gasteiger partial charge in [0.05, 0.1) is 17.2 Å². The Balaban J connectivity index is 2.27. The molecule has 2 unspecified atom stereocenters. The number of benzene rings is 1. The van der Waals surface area contributed by atoms with Crippen LogP contribution in [0.3, 0.4) is 0 Å². The van der Waals surface area contributed by atoms with Gasteiger partial charge in [0.1, 0.15) is 11.6 Å². The number of hydrogen-bond acceptors (Lipinski definition) is 6. The molecule has 0 spiro atoms. The van der Waals surface area contributed by atoms with Crippen molar-refractivity contribution in [2.24, 2.45) is 16.8 Å². The Hall–Kier alpha value is -3.70. The van der Waals surface area contributed by atoms with Crippen LogP contribution in [-0.4, -0.2) is 51.9 Å². The highest BCUT2D eigenvalue weighted by molar-refractivity contribution is 5.83. The number of allylic oxidation sites excluding steroid dienone is 3. The van der Waals surface area contributed by atoms with Crippen LogP contribution >= 0.6 is 0 Å². The molecule has 2 N–H and O–H groups in total. The van der Waals surface area contributed by atoms with Gasteiger partial charge in [0.15, 0.2) is 0 Å². The molecular formula is C32H44N4O4. The number of carbonyl (C=O) groups is 2. The molecule has 1 amide bonds. The second-order valence-electron chi connectivity index (χ2n) is 10.8. The number of carbonyl (C=O) groups excluding carboxylic acids is 1. The smallest absolute Gasteiger partial charge is 0.413 e. The fourth-order valence-corrected chi connectivity index (χ4v) is 4.89. The highest BCUT2D eigenvalue weighted by Crippen LogP contribution is 2.32.